The number of carbonyl (C=O) groups is 1. The summed E-state index contributed by atoms with van der Waals surface area (Å²) in [6.07, 6.45) is 1.38. The van der Waals surface area contributed by atoms with Gasteiger partial charge in [-0.05, 0) is 31.2 Å². The summed E-state index contributed by atoms with van der Waals surface area (Å²) in [5, 5.41) is 2.90. The molecule has 0 spiro atoms. The average molecular weight is 524 g/mol. The Balaban J connectivity index is 0.00000385. The van der Waals surface area contributed by atoms with Crippen LogP contribution in [0.15, 0.2) is 30.3 Å². The van der Waals surface area contributed by atoms with Gasteiger partial charge in [0.1, 0.15) is 12.4 Å². The van der Waals surface area contributed by atoms with Crippen LogP contribution in [0.3, 0.4) is 0 Å². The summed E-state index contributed by atoms with van der Waals surface area (Å²) in [4.78, 5) is 15.1. The van der Waals surface area contributed by atoms with Gasteiger partial charge < -0.3 is 10.1 Å². The molecule has 188 valence electrons. The number of halogens is 2. The van der Waals surface area contributed by atoms with E-state index < -0.39 is 28.0 Å². The molecule has 1 N–H and O–H groups in total. The predicted octanol–water partition coefficient (Wildman–Crippen LogP) is 2.77. The predicted molar refractivity (Wildman–Crippen MR) is 133 cm³/mol. The number of sulfonamides is 1. The summed E-state index contributed by atoms with van der Waals surface area (Å²) in [5.74, 6) is -0.144. The molecule has 1 saturated carbocycles. The van der Waals surface area contributed by atoms with Gasteiger partial charge in [0.05, 0.1) is 11.3 Å². The lowest BCUT2D eigenvalue weighted by atomic mass is 9.90. The second-order valence-corrected chi connectivity index (χ2v) is 11.5. The molecule has 0 aromatic heterocycles. The number of nitrogens with one attached hydrogen (secondary N) is 1. The largest absolute Gasteiger partial charge is 0.360 e. The minimum atomic E-state index is -3.28. The summed E-state index contributed by atoms with van der Waals surface area (Å²) in [5.41, 5.74) is -0.255. The van der Waals surface area contributed by atoms with Crippen molar-refractivity contribution in [1.82, 2.24) is 14.5 Å². The number of carbonyl (C=O) groups excluding carboxylic acids is 1. The highest BCUT2D eigenvalue weighted by molar-refractivity contribution is 7.99. The minimum absolute atomic E-state index is 0. The summed E-state index contributed by atoms with van der Waals surface area (Å²) in [7, 11) is -1.75. The normalized spacial score (nSPS) is 27.6. The Kier molecular flexibility index (Phi) is 10.4. The van der Waals surface area contributed by atoms with Crippen LogP contribution in [0.1, 0.15) is 36.5 Å². The Labute approximate surface area is 207 Å². The van der Waals surface area contributed by atoms with E-state index in [9.17, 15) is 17.6 Å². The molecule has 1 aromatic carbocycles. The van der Waals surface area contributed by atoms with Crippen molar-refractivity contribution < 1.29 is 22.3 Å². The monoisotopic (exact) mass is 523 g/mol. The Morgan fingerprint density at radius 1 is 1.27 bits per heavy atom. The highest BCUT2D eigenvalue weighted by Crippen LogP contribution is 2.46. The maximum absolute atomic E-state index is 14.8. The lowest BCUT2D eigenvalue weighted by Crippen LogP contribution is -2.69. The van der Waals surface area contributed by atoms with Gasteiger partial charge in [0.25, 0.3) is 5.91 Å². The van der Waals surface area contributed by atoms with Crippen LogP contribution in [0.2, 0.25) is 0 Å². The fourth-order valence-electron chi connectivity index (χ4n) is 5.03. The third kappa shape index (κ3) is 6.02. The minimum Gasteiger partial charge on any atom is -0.360 e. The first-order valence-corrected chi connectivity index (χ1v) is 14.0. The molecule has 11 heteroatoms. The van der Waals surface area contributed by atoms with Gasteiger partial charge in [0.15, 0.2) is 0 Å². The van der Waals surface area contributed by atoms with Crippen LogP contribution in [0.25, 0.3) is 0 Å². The topological polar surface area (TPSA) is 79.0 Å². The summed E-state index contributed by atoms with van der Waals surface area (Å²) in [6, 6.07) is 8.88. The van der Waals surface area contributed by atoms with Gasteiger partial charge in [-0.25, -0.2) is 12.8 Å². The first-order chi connectivity index (χ1) is 15.3. The van der Waals surface area contributed by atoms with Crippen LogP contribution in [-0.2, 0) is 14.8 Å². The SMILES string of the molecule is CCCS(=O)(=O)N1CCN(C2(C(NC(=O)c3ccccc3)OC)CC(F)CC2SC)CC1.Cl. The van der Waals surface area contributed by atoms with E-state index in [4.69, 9.17) is 4.74 Å². The molecular weight excluding hydrogens is 489 g/mol. The number of methoxy groups -OCH3 is 1. The number of rotatable bonds is 9. The molecule has 1 saturated heterocycles. The molecule has 0 bridgehead atoms. The number of nitrogens with zero attached hydrogens (tertiary/aromatic N) is 2. The van der Waals surface area contributed by atoms with E-state index in [0.29, 0.717) is 44.6 Å². The van der Waals surface area contributed by atoms with Gasteiger partial charge >= 0.3 is 0 Å². The van der Waals surface area contributed by atoms with Gasteiger partial charge in [-0.2, -0.15) is 16.1 Å². The first kappa shape index (κ1) is 28.3. The second kappa shape index (κ2) is 12.2. The molecule has 2 fully saturated rings. The molecule has 33 heavy (non-hydrogen) atoms. The van der Waals surface area contributed by atoms with Gasteiger partial charge in [-0.15, -0.1) is 12.4 Å². The van der Waals surface area contributed by atoms with E-state index in [1.807, 2.05) is 19.2 Å². The van der Waals surface area contributed by atoms with Crippen molar-refractivity contribution in [3.05, 3.63) is 35.9 Å². The van der Waals surface area contributed by atoms with Crippen molar-refractivity contribution in [3.63, 3.8) is 0 Å². The number of piperazine rings is 1. The maximum Gasteiger partial charge on any atom is 0.253 e. The smallest absolute Gasteiger partial charge is 0.253 e. The molecule has 2 aliphatic rings. The van der Waals surface area contributed by atoms with Crippen LogP contribution >= 0.6 is 24.2 Å². The van der Waals surface area contributed by atoms with E-state index in [1.54, 1.807) is 36.0 Å². The van der Waals surface area contributed by atoms with E-state index >= 15 is 0 Å². The molecule has 4 atom stereocenters. The summed E-state index contributed by atoms with van der Waals surface area (Å²) in [6.45, 7) is 3.49. The standard InChI is InChI=1S/C22H34FN3O4S2.ClH/c1-4-14-32(28,29)26-12-10-25(11-13-26)22(16-18(23)15-19(22)31-3)21(30-2)24-20(27)17-8-6-5-7-9-17;/h5-9,18-19,21H,4,10-16H2,1-3H3,(H,24,27);1H. The first-order valence-electron chi connectivity index (χ1n) is 11.1. The fraction of sp³-hybridized carbons (Fsp3) is 0.682. The van der Waals surface area contributed by atoms with Crippen LogP contribution in [0.5, 0.6) is 0 Å². The van der Waals surface area contributed by atoms with E-state index in [1.165, 1.54) is 11.4 Å². The third-order valence-corrected chi connectivity index (χ3v) is 9.78. The maximum atomic E-state index is 14.8. The van der Waals surface area contributed by atoms with Gasteiger partial charge in [0.2, 0.25) is 10.0 Å². The lowest BCUT2D eigenvalue weighted by Gasteiger charge is -2.51. The summed E-state index contributed by atoms with van der Waals surface area (Å²) < 4.78 is 47.2. The van der Waals surface area contributed by atoms with Crippen molar-refractivity contribution >= 4 is 40.1 Å². The van der Waals surface area contributed by atoms with Crippen molar-refractivity contribution in [2.45, 2.75) is 49.4 Å². The number of hydrogen-bond donors (Lipinski definition) is 1. The van der Waals surface area contributed by atoms with Crippen LogP contribution in [-0.4, -0.2) is 92.0 Å². The molecule has 0 radical (unpaired) electrons. The number of alkyl halides is 1. The van der Waals surface area contributed by atoms with Crippen LogP contribution in [0, 0.1) is 0 Å². The Morgan fingerprint density at radius 2 is 1.91 bits per heavy atom. The van der Waals surface area contributed by atoms with Gasteiger partial charge in [-0.3, -0.25) is 9.69 Å². The van der Waals surface area contributed by atoms with Crippen LogP contribution in [0.4, 0.5) is 4.39 Å². The van der Waals surface area contributed by atoms with E-state index in [0.717, 1.165) is 0 Å². The number of thioether (sulfide) groups is 1. The van der Waals surface area contributed by atoms with Crippen molar-refractivity contribution in [3.8, 4) is 0 Å². The number of ether oxygens (including phenoxy) is 1. The number of benzene rings is 1. The average Bonchev–Trinajstić information content (AvgIpc) is 3.15. The Bertz CT molecular complexity index is 872. The van der Waals surface area contributed by atoms with E-state index in [2.05, 4.69) is 10.2 Å². The quantitative estimate of drug-likeness (QED) is 0.501. The highest BCUT2D eigenvalue weighted by Gasteiger charge is 2.57. The third-order valence-electron chi connectivity index (χ3n) is 6.53. The Morgan fingerprint density at radius 3 is 2.45 bits per heavy atom. The second-order valence-electron chi connectivity index (χ2n) is 8.41. The lowest BCUT2D eigenvalue weighted by molar-refractivity contribution is -0.0739. The van der Waals surface area contributed by atoms with Crippen molar-refractivity contribution in [2.75, 3.05) is 45.3 Å². The summed E-state index contributed by atoms with van der Waals surface area (Å²) >= 11 is 1.57. The zero-order chi connectivity index (χ0) is 23.4. The van der Waals surface area contributed by atoms with Crippen molar-refractivity contribution in [2.24, 2.45) is 0 Å². The molecule has 7 nitrogen and oxygen atoms in total. The molecule has 3 rings (SSSR count). The molecule has 1 aliphatic carbocycles. The molecule has 1 aliphatic heterocycles. The van der Waals surface area contributed by atoms with Gasteiger partial charge in [0, 0.05) is 50.5 Å². The van der Waals surface area contributed by atoms with Gasteiger partial charge in [-0.1, -0.05) is 25.1 Å². The molecular formula is C22H35ClFN3O4S2. The van der Waals surface area contributed by atoms with Crippen LogP contribution < -0.4 is 5.32 Å². The number of amides is 1. The highest BCUT2D eigenvalue weighted by atomic mass is 35.5. The zero-order valence-electron chi connectivity index (χ0n) is 19.4. The molecule has 4 unspecified atom stereocenters. The van der Waals surface area contributed by atoms with E-state index in [-0.39, 0.29) is 35.7 Å². The Hall–Kier alpha value is -0.910. The van der Waals surface area contributed by atoms with Crippen molar-refractivity contribution in [1.29, 1.82) is 0 Å². The molecule has 1 amide bonds. The number of hydrogen-bond acceptors (Lipinski definition) is 6. The fourth-order valence-corrected chi connectivity index (χ4v) is 7.70. The zero-order valence-corrected chi connectivity index (χ0v) is 21.9. The molecule has 1 heterocycles. The molecule has 1 aromatic rings.